The molecule has 3 rings (SSSR count). The Morgan fingerprint density at radius 2 is 1.70 bits per heavy atom. The first-order chi connectivity index (χ1) is 14.6. The van der Waals surface area contributed by atoms with Gasteiger partial charge in [0, 0.05) is 23.5 Å². The summed E-state index contributed by atoms with van der Waals surface area (Å²) in [6, 6.07) is 18.4. The SMILES string of the molecule is CCCCCc1c(-c2ccc(OC)cc2)c(C(N)=O)c(C)n1CCc1ccccc1. The zero-order chi connectivity index (χ0) is 21.5. The van der Waals surface area contributed by atoms with Crippen LogP contribution in [0.15, 0.2) is 54.6 Å². The maximum atomic E-state index is 12.5. The first-order valence-corrected chi connectivity index (χ1v) is 10.8. The van der Waals surface area contributed by atoms with E-state index in [-0.39, 0.29) is 5.91 Å². The molecule has 1 aromatic heterocycles. The van der Waals surface area contributed by atoms with E-state index in [4.69, 9.17) is 10.5 Å². The van der Waals surface area contributed by atoms with Gasteiger partial charge in [0.1, 0.15) is 5.75 Å². The third-order valence-electron chi connectivity index (χ3n) is 5.74. The molecule has 0 fully saturated rings. The van der Waals surface area contributed by atoms with Crippen molar-refractivity contribution in [1.29, 1.82) is 0 Å². The van der Waals surface area contributed by atoms with Crippen LogP contribution in [0.5, 0.6) is 5.75 Å². The molecule has 0 saturated heterocycles. The molecule has 0 saturated carbocycles. The number of aromatic nitrogens is 1. The molecule has 3 aromatic rings. The van der Waals surface area contributed by atoms with Crippen LogP contribution in [0.25, 0.3) is 11.1 Å². The van der Waals surface area contributed by atoms with Crippen LogP contribution < -0.4 is 10.5 Å². The summed E-state index contributed by atoms with van der Waals surface area (Å²) in [6.07, 6.45) is 5.25. The standard InChI is InChI=1S/C26H32N2O2/c1-4-5-7-12-23-25(21-13-15-22(30-3)16-14-21)24(26(27)29)19(2)28(23)18-17-20-10-8-6-9-11-20/h6,8-11,13-16H,4-5,7,12,17-18H2,1-3H3,(H2,27,29). The number of rotatable bonds is 10. The molecule has 0 radical (unpaired) electrons. The Labute approximate surface area is 179 Å². The van der Waals surface area contributed by atoms with Gasteiger partial charge in [-0.25, -0.2) is 0 Å². The van der Waals surface area contributed by atoms with Gasteiger partial charge in [-0.15, -0.1) is 0 Å². The summed E-state index contributed by atoms with van der Waals surface area (Å²) in [4.78, 5) is 12.5. The third-order valence-corrected chi connectivity index (χ3v) is 5.74. The molecule has 0 bridgehead atoms. The molecule has 0 aliphatic heterocycles. The zero-order valence-corrected chi connectivity index (χ0v) is 18.3. The number of nitrogens with zero attached hydrogens (tertiary/aromatic N) is 1. The Morgan fingerprint density at radius 1 is 1.00 bits per heavy atom. The number of carbonyl (C=O) groups is 1. The number of amides is 1. The van der Waals surface area contributed by atoms with E-state index in [1.165, 1.54) is 11.3 Å². The molecule has 0 aliphatic rings. The van der Waals surface area contributed by atoms with E-state index in [1.807, 2.05) is 37.3 Å². The van der Waals surface area contributed by atoms with Gasteiger partial charge in [0.15, 0.2) is 0 Å². The summed E-state index contributed by atoms with van der Waals surface area (Å²) in [5.41, 5.74) is 12.0. The lowest BCUT2D eigenvalue weighted by Crippen LogP contribution is -2.14. The summed E-state index contributed by atoms with van der Waals surface area (Å²) in [5, 5.41) is 0. The third kappa shape index (κ3) is 4.76. The second-order valence-electron chi connectivity index (χ2n) is 7.72. The van der Waals surface area contributed by atoms with Crippen molar-refractivity contribution < 1.29 is 9.53 Å². The largest absolute Gasteiger partial charge is 0.497 e. The smallest absolute Gasteiger partial charge is 0.251 e. The second kappa shape index (κ2) is 10.1. The van der Waals surface area contributed by atoms with Gasteiger partial charge in [-0.05, 0) is 49.4 Å². The van der Waals surface area contributed by atoms with Crippen LogP contribution in [0.1, 0.15) is 53.5 Å². The number of aryl methyl sites for hydroxylation is 1. The summed E-state index contributed by atoms with van der Waals surface area (Å²) < 4.78 is 7.62. The molecule has 0 spiro atoms. The van der Waals surface area contributed by atoms with Crippen LogP contribution in [-0.4, -0.2) is 17.6 Å². The van der Waals surface area contributed by atoms with E-state index in [1.54, 1.807) is 7.11 Å². The fraction of sp³-hybridized carbons (Fsp3) is 0.346. The van der Waals surface area contributed by atoms with Crippen LogP contribution in [0.3, 0.4) is 0 Å². The Hall–Kier alpha value is -3.01. The Balaban J connectivity index is 2.08. The molecule has 1 amide bonds. The van der Waals surface area contributed by atoms with Crippen molar-refractivity contribution in [2.75, 3.05) is 7.11 Å². The number of hydrogen-bond acceptors (Lipinski definition) is 2. The van der Waals surface area contributed by atoms with E-state index in [2.05, 4.69) is 35.8 Å². The molecule has 0 aliphatic carbocycles. The molecule has 2 N–H and O–H groups in total. The predicted octanol–water partition coefficient (Wildman–Crippen LogP) is 5.55. The van der Waals surface area contributed by atoms with Crippen LogP contribution in [0.2, 0.25) is 0 Å². The highest BCUT2D eigenvalue weighted by Gasteiger charge is 2.24. The van der Waals surface area contributed by atoms with Gasteiger partial charge in [0.2, 0.25) is 0 Å². The summed E-state index contributed by atoms with van der Waals surface area (Å²) in [6.45, 7) is 5.05. The molecule has 30 heavy (non-hydrogen) atoms. The molecule has 0 atom stereocenters. The Bertz CT molecular complexity index is 973. The number of carbonyl (C=O) groups excluding carboxylic acids is 1. The number of primary amides is 1. The minimum absolute atomic E-state index is 0.367. The van der Waals surface area contributed by atoms with Crippen LogP contribution in [-0.2, 0) is 19.4 Å². The van der Waals surface area contributed by atoms with Crippen molar-refractivity contribution in [1.82, 2.24) is 4.57 Å². The van der Waals surface area contributed by atoms with Crippen molar-refractivity contribution in [3.05, 3.63) is 77.1 Å². The van der Waals surface area contributed by atoms with Crippen LogP contribution in [0.4, 0.5) is 0 Å². The highest BCUT2D eigenvalue weighted by atomic mass is 16.5. The molecular weight excluding hydrogens is 372 g/mol. The van der Waals surface area contributed by atoms with Gasteiger partial charge in [-0.1, -0.05) is 62.2 Å². The molecule has 158 valence electrons. The Kier molecular flexibility index (Phi) is 7.34. The van der Waals surface area contributed by atoms with Crippen molar-refractivity contribution >= 4 is 5.91 Å². The normalized spacial score (nSPS) is 10.9. The average molecular weight is 405 g/mol. The van der Waals surface area contributed by atoms with E-state index >= 15 is 0 Å². The fourth-order valence-corrected chi connectivity index (χ4v) is 4.16. The highest BCUT2D eigenvalue weighted by Crippen LogP contribution is 2.35. The number of ether oxygens (including phenoxy) is 1. The van der Waals surface area contributed by atoms with Crippen LogP contribution >= 0.6 is 0 Å². The van der Waals surface area contributed by atoms with Crippen molar-refractivity contribution in [2.45, 2.75) is 52.5 Å². The number of methoxy groups -OCH3 is 1. The van der Waals surface area contributed by atoms with E-state index < -0.39 is 0 Å². The first kappa shape index (κ1) is 21.7. The fourth-order valence-electron chi connectivity index (χ4n) is 4.16. The minimum Gasteiger partial charge on any atom is -0.497 e. The van der Waals surface area contributed by atoms with Crippen molar-refractivity contribution in [3.63, 3.8) is 0 Å². The van der Waals surface area contributed by atoms with Gasteiger partial charge < -0.3 is 15.0 Å². The molecule has 2 aromatic carbocycles. The number of benzene rings is 2. The second-order valence-corrected chi connectivity index (χ2v) is 7.72. The minimum atomic E-state index is -0.367. The summed E-state index contributed by atoms with van der Waals surface area (Å²) >= 11 is 0. The van der Waals surface area contributed by atoms with Gasteiger partial charge >= 0.3 is 0 Å². The lowest BCUT2D eigenvalue weighted by Gasteiger charge is -2.14. The number of nitrogens with two attached hydrogens (primary N) is 1. The number of hydrogen-bond donors (Lipinski definition) is 1. The van der Waals surface area contributed by atoms with E-state index in [0.29, 0.717) is 5.56 Å². The maximum Gasteiger partial charge on any atom is 0.251 e. The highest BCUT2D eigenvalue weighted by molar-refractivity contribution is 6.02. The lowest BCUT2D eigenvalue weighted by atomic mass is 9.97. The van der Waals surface area contributed by atoms with Gasteiger partial charge in [-0.2, -0.15) is 0 Å². The molecule has 4 heteroatoms. The summed E-state index contributed by atoms with van der Waals surface area (Å²) in [5.74, 6) is 0.431. The van der Waals surface area contributed by atoms with Gasteiger partial charge in [-0.3, -0.25) is 4.79 Å². The lowest BCUT2D eigenvalue weighted by molar-refractivity contribution is 0.1000. The quantitative estimate of drug-likeness (QED) is 0.451. The number of unbranched alkanes of at least 4 members (excludes halogenated alkanes) is 2. The van der Waals surface area contributed by atoms with Crippen LogP contribution in [0, 0.1) is 6.92 Å². The van der Waals surface area contributed by atoms with Gasteiger partial charge in [0.25, 0.3) is 5.91 Å². The molecule has 0 unspecified atom stereocenters. The Morgan fingerprint density at radius 3 is 2.30 bits per heavy atom. The van der Waals surface area contributed by atoms with Crippen molar-refractivity contribution in [2.24, 2.45) is 5.73 Å². The zero-order valence-electron chi connectivity index (χ0n) is 18.3. The van der Waals surface area contributed by atoms with E-state index in [0.717, 1.165) is 61.2 Å². The monoisotopic (exact) mass is 404 g/mol. The van der Waals surface area contributed by atoms with Gasteiger partial charge in [0.05, 0.1) is 12.7 Å². The molecular formula is C26H32N2O2. The molecule has 1 heterocycles. The van der Waals surface area contributed by atoms with E-state index in [9.17, 15) is 4.79 Å². The topological polar surface area (TPSA) is 57.2 Å². The maximum absolute atomic E-state index is 12.5. The predicted molar refractivity (Wildman–Crippen MR) is 123 cm³/mol. The summed E-state index contributed by atoms with van der Waals surface area (Å²) in [7, 11) is 1.66. The molecule has 4 nitrogen and oxygen atoms in total. The first-order valence-electron chi connectivity index (χ1n) is 10.8. The average Bonchev–Trinajstić information content (AvgIpc) is 3.04. The van der Waals surface area contributed by atoms with Crippen molar-refractivity contribution in [3.8, 4) is 16.9 Å².